The van der Waals surface area contributed by atoms with Crippen molar-refractivity contribution in [3.8, 4) is 24.7 Å². The summed E-state index contributed by atoms with van der Waals surface area (Å²) in [5.41, 5.74) is 1.58. The van der Waals surface area contributed by atoms with Gasteiger partial charge in [-0.05, 0) is 28.1 Å². The average molecular weight is 205 g/mol. The molecule has 0 N–H and O–H groups in total. The standard InChI is InChI=1S/C10H5Br/c1-3-8-6-5-7-9(4-2)10(8)11/h1-2,5-7H. The second-order valence-electron chi connectivity index (χ2n) is 1.96. The Balaban J connectivity index is 3.38. The van der Waals surface area contributed by atoms with Crippen LogP contribution < -0.4 is 0 Å². The zero-order chi connectivity index (χ0) is 8.27. The van der Waals surface area contributed by atoms with Gasteiger partial charge in [0.25, 0.3) is 0 Å². The van der Waals surface area contributed by atoms with E-state index in [0.717, 1.165) is 15.6 Å². The number of benzene rings is 1. The molecule has 1 aromatic rings. The molecule has 0 aliphatic heterocycles. The third-order valence-electron chi connectivity index (χ3n) is 1.31. The van der Waals surface area contributed by atoms with Crippen LogP contribution in [-0.4, -0.2) is 0 Å². The first-order valence-electron chi connectivity index (χ1n) is 3.01. The van der Waals surface area contributed by atoms with Crippen molar-refractivity contribution >= 4 is 15.9 Å². The Kier molecular flexibility index (Phi) is 2.36. The summed E-state index contributed by atoms with van der Waals surface area (Å²) < 4.78 is 0.824. The zero-order valence-electron chi connectivity index (χ0n) is 5.76. The van der Waals surface area contributed by atoms with Crippen LogP contribution in [0.2, 0.25) is 0 Å². The summed E-state index contributed by atoms with van der Waals surface area (Å²) in [6, 6.07) is 5.52. The molecule has 0 spiro atoms. The lowest BCUT2D eigenvalue weighted by molar-refractivity contribution is 1.54. The Hall–Kier alpha value is -1.18. The van der Waals surface area contributed by atoms with Crippen LogP contribution >= 0.6 is 15.9 Å². The summed E-state index contributed by atoms with van der Waals surface area (Å²) in [6.45, 7) is 0. The van der Waals surface area contributed by atoms with Crippen molar-refractivity contribution in [1.82, 2.24) is 0 Å². The SMILES string of the molecule is C#Cc1cccc(C#C)c1Br. The molecule has 11 heavy (non-hydrogen) atoms. The smallest absolute Gasteiger partial charge is 0.0488 e. The van der Waals surface area contributed by atoms with E-state index in [1.807, 2.05) is 18.2 Å². The van der Waals surface area contributed by atoms with Gasteiger partial charge in [-0.2, -0.15) is 0 Å². The van der Waals surface area contributed by atoms with Gasteiger partial charge in [-0.15, -0.1) is 12.8 Å². The highest BCUT2D eigenvalue weighted by atomic mass is 79.9. The van der Waals surface area contributed by atoms with Crippen molar-refractivity contribution in [2.75, 3.05) is 0 Å². The molecule has 1 heteroatoms. The molecule has 1 rings (SSSR count). The molecular formula is C10H5Br. The van der Waals surface area contributed by atoms with E-state index in [-0.39, 0.29) is 0 Å². The molecule has 0 saturated carbocycles. The number of terminal acetylenes is 2. The third-order valence-corrected chi connectivity index (χ3v) is 2.16. The first kappa shape index (κ1) is 7.92. The van der Waals surface area contributed by atoms with Crippen LogP contribution in [0.1, 0.15) is 11.1 Å². The highest BCUT2D eigenvalue weighted by Crippen LogP contribution is 2.19. The van der Waals surface area contributed by atoms with Crippen molar-refractivity contribution in [2.24, 2.45) is 0 Å². The number of halogens is 1. The maximum absolute atomic E-state index is 5.23. The third kappa shape index (κ3) is 1.45. The number of hydrogen-bond acceptors (Lipinski definition) is 0. The second-order valence-corrected chi connectivity index (χ2v) is 2.75. The van der Waals surface area contributed by atoms with Crippen molar-refractivity contribution in [1.29, 1.82) is 0 Å². The lowest BCUT2D eigenvalue weighted by atomic mass is 10.1. The highest BCUT2D eigenvalue weighted by Gasteiger charge is 1.99. The van der Waals surface area contributed by atoms with E-state index in [1.54, 1.807) is 0 Å². The van der Waals surface area contributed by atoms with E-state index < -0.39 is 0 Å². The molecule has 0 unspecified atom stereocenters. The van der Waals surface area contributed by atoms with E-state index in [2.05, 4.69) is 27.8 Å². The maximum atomic E-state index is 5.23. The normalized spacial score (nSPS) is 8.27. The van der Waals surface area contributed by atoms with E-state index >= 15 is 0 Å². The summed E-state index contributed by atoms with van der Waals surface area (Å²) in [7, 11) is 0. The molecular weight excluding hydrogens is 200 g/mol. The van der Waals surface area contributed by atoms with Gasteiger partial charge in [-0.25, -0.2) is 0 Å². The first-order chi connectivity index (χ1) is 5.29. The van der Waals surface area contributed by atoms with Crippen molar-refractivity contribution < 1.29 is 0 Å². The van der Waals surface area contributed by atoms with Gasteiger partial charge in [0.15, 0.2) is 0 Å². The fraction of sp³-hybridized carbons (Fsp3) is 0. The number of hydrogen-bond donors (Lipinski definition) is 0. The molecule has 52 valence electrons. The molecule has 0 nitrogen and oxygen atoms in total. The van der Waals surface area contributed by atoms with Crippen molar-refractivity contribution in [2.45, 2.75) is 0 Å². The van der Waals surface area contributed by atoms with Crippen molar-refractivity contribution in [3.05, 3.63) is 33.8 Å². The van der Waals surface area contributed by atoms with E-state index in [4.69, 9.17) is 12.8 Å². The molecule has 0 aliphatic carbocycles. The summed E-state index contributed by atoms with van der Waals surface area (Å²) in [4.78, 5) is 0. The Bertz CT molecular complexity index is 318. The molecule has 1 aromatic carbocycles. The molecule has 0 bridgehead atoms. The summed E-state index contributed by atoms with van der Waals surface area (Å²) in [5.74, 6) is 5.06. The van der Waals surface area contributed by atoms with Gasteiger partial charge >= 0.3 is 0 Å². The molecule has 0 fully saturated rings. The van der Waals surface area contributed by atoms with E-state index in [0.29, 0.717) is 0 Å². The first-order valence-corrected chi connectivity index (χ1v) is 3.80. The van der Waals surface area contributed by atoms with Crippen LogP contribution in [0, 0.1) is 24.7 Å². The monoisotopic (exact) mass is 204 g/mol. The van der Waals surface area contributed by atoms with Crippen LogP contribution in [0.25, 0.3) is 0 Å². The molecule has 0 radical (unpaired) electrons. The molecule has 0 atom stereocenters. The highest BCUT2D eigenvalue weighted by molar-refractivity contribution is 9.10. The van der Waals surface area contributed by atoms with Gasteiger partial charge in [0.05, 0.1) is 0 Å². The molecule has 0 saturated heterocycles. The largest absolute Gasteiger partial charge is 0.115 e. The predicted octanol–water partition coefficient (Wildman–Crippen LogP) is 2.41. The second kappa shape index (κ2) is 3.28. The lowest BCUT2D eigenvalue weighted by Gasteiger charge is -1.97. The maximum Gasteiger partial charge on any atom is 0.0488 e. The van der Waals surface area contributed by atoms with Gasteiger partial charge in [-0.3, -0.25) is 0 Å². The minimum absolute atomic E-state index is 0.792. The van der Waals surface area contributed by atoms with Crippen LogP contribution in [0.15, 0.2) is 22.7 Å². The van der Waals surface area contributed by atoms with Gasteiger partial charge in [0, 0.05) is 15.6 Å². The number of rotatable bonds is 0. The minimum atomic E-state index is 0.792. The molecule has 0 amide bonds. The van der Waals surface area contributed by atoms with Crippen LogP contribution in [-0.2, 0) is 0 Å². The van der Waals surface area contributed by atoms with Crippen LogP contribution in [0.4, 0.5) is 0 Å². The van der Waals surface area contributed by atoms with Gasteiger partial charge in [-0.1, -0.05) is 17.9 Å². The van der Waals surface area contributed by atoms with E-state index in [1.165, 1.54) is 0 Å². The van der Waals surface area contributed by atoms with Gasteiger partial charge in [0.1, 0.15) is 0 Å². The average Bonchev–Trinajstić information content (AvgIpc) is 2.05. The summed E-state index contributed by atoms with van der Waals surface area (Å²) in [5, 5.41) is 0. The Morgan fingerprint density at radius 1 is 1.09 bits per heavy atom. The zero-order valence-corrected chi connectivity index (χ0v) is 7.35. The Morgan fingerprint density at radius 3 is 1.91 bits per heavy atom. The van der Waals surface area contributed by atoms with Crippen LogP contribution in [0.5, 0.6) is 0 Å². The van der Waals surface area contributed by atoms with Crippen LogP contribution in [0.3, 0.4) is 0 Å². The minimum Gasteiger partial charge on any atom is -0.115 e. The lowest BCUT2D eigenvalue weighted by Crippen LogP contribution is -1.81. The quantitative estimate of drug-likeness (QED) is 0.570. The molecule has 0 heterocycles. The van der Waals surface area contributed by atoms with Gasteiger partial charge < -0.3 is 0 Å². The Labute approximate surface area is 74.8 Å². The van der Waals surface area contributed by atoms with Gasteiger partial charge in [0.2, 0.25) is 0 Å². The molecule has 0 aliphatic rings. The fourth-order valence-electron chi connectivity index (χ4n) is 0.755. The summed E-state index contributed by atoms with van der Waals surface area (Å²) in [6.07, 6.45) is 10.5. The Morgan fingerprint density at radius 2 is 1.55 bits per heavy atom. The topological polar surface area (TPSA) is 0 Å². The predicted molar refractivity (Wildman–Crippen MR) is 50.0 cm³/mol. The fourth-order valence-corrected chi connectivity index (χ4v) is 1.25. The molecule has 0 aromatic heterocycles. The summed E-state index contributed by atoms with van der Waals surface area (Å²) >= 11 is 3.32. The van der Waals surface area contributed by atoms with Crippen molar-refractivity contribution in [3.63, 3.8) is 0 Å². The van der Waals surface area contributed by atoms with E-state index in [9.17, 15) is 0 Å².